The van der Waals surface area contributed by atoms with E-state index in [2.05, 4.69) is 9.51 Å². The molecule has 0 spiro atoms. The van der Waals surface area contributed by atoms with Crippen LogP contribution in [0.25, 0.3) is 0 Å². The van der Waals surface area contributed by atoms with E-state index in [1.165, 1.54) is 10.8 Å². The summed E-state index contributed by atoms with van der Waals surface area (Å²) in [4.78, 5) is 34.5. The standard InChI is InChI=1S/C10H13N2O7P/c1-5-3-12(10(14)11-9(5)13)8-2-6-7(18-8)4-17-20(15,16)19-6/h3,6-8H,2,4H2,1H3,(H,15,16)(H,11,13,14)/t6-,7-,8+/m0/s1. The van der Waals surface area contributed by atoms with Gasteiger partial charge in [-0.1, -0.05) is 0 Å². The van der Waals surface area contributed by atoms with Crippen molar-refractivity contribution < 1.29 is 23.2 Å². The SMILES string of the molecule is Cc1cn([C@H]2C[C@@H]3OP(=O)(O)OC[C@@H]3O2)c(=O)[nH]c1=O. The van der Waals surface area contributed by atoms with E-state index >= 15 is 0 Å². The molecule has 2 aliphatic heterocycles. The van der Waals surface area contributed by atoms with E-state index in [-0.39, 0.29) is 13.0 Å². The summed E-state index contributed by atoms with van der Waals surface area (Å²) in [6.07, 6.45) is -0.196. The summed E-state index contributed by atoms with van der Waals surface area (Å²) >= 11 is 0. The van der Waals surface area contributed by atoms with Gasteiger partial charge in [0.05, 0.1) is 6.61 Å². The summed E-state index contributed by atoms with van der Waals surface area (Å²) in [6, 6.07) is 0. The Kier molecular flexibility index (Phi) is 3.19. The summed E-state index contributed by atoms with van der Waals surface area (Å²) in [5, 5.41) is 0. The molecule has 3 heterocycles. The van der Waals surface area contributed by atoms with Crippen LogP contribution in [0.2, 0.25) is 0 Å². The lowest BCUT2D eigenvalue weighted by atomic mass is 10.2. The van der Waals surface area contributed by atoms with Gasteiger partial charge < -0.3 is 9.63 Å². The molecule has 2 N–H and O–H groups in total. The second kappa shape index (κ2) is 4.64. The molecule has 0 aromatic carbocycles. The van der Waals surface area contributed by atoms with Crippen LogP contribution in [0.15, 0.2) is 15.8 Å². The summed E-state index contributed by atoms with van der Waals surface area (Å²) in [6.45, 7) is 1.49. The highest BCUT2D eigenvalue weighted by molar-refractivity contribution is 7.47. The van der Waals surface area contributed by atoms with Crippen LogP contribution < -0.4 is 11.2 Å². The molecule has 0 bridgehead atoms. The van der Waals surface area contributed by atoms with E-state index < -0.39 is 37.5 Å². The first kappa shape index (κ1) is 13.7. The van der Waals surface area contributed by atoms with E-state index in [1.54, 1.807) is 6.92 Å². The average molecular weight is 304 g/mol. The van der Waals surface area contributed by atoms with Crippen molar-refractivity contribution in [1.29, 1.82) is 0 Å². The van der Waals surface area contributed by atoms with Gasteiger partial charge in [0.25, 0.3) is 5.56 Å². The van der Waals surface area contributed by atoms with Crippen LogP contribution in [-0.4, -0.2) is 33.3 Å². The van der Waals surface area contributed by atoms with Gasteiger partial charge in [-0.25, -0.2) is 9.36 Å². The van der Waals surface area contributed by atoms with Gasteiger partial charge in [-0.15, -0.1) is 0 Å². The Balaban J connectivity index is 1.88. The predicted molar refractivity (Wildman–Crippen MR) is 65.2 cm³/mol. The number of hydrogen-bond donors (Lipinski definition) is 2. The summed E-state index contributed by atoms with van der Waals surface area (Å²) in [5.41, 5.74) is -0.688. The van der Waals surface area contributed by atoms with Crippen LogP contribution in [0, 0.1) is 6.92 Å². The van der Waals surface area contributed by atoms with Gasteiger partial charge in [-0.05, 0) is 6.92 Å². The Morgan fingerprint density at radius 3 is 2.95 bits per heavy atom. The first-order valence-corrected chi connectivity index (χ1v) is 7.48. The zero-order valence-electron chi connectivity index (χ0n) is 10.5. The number of nitrogens with zero attached hydrogens (tertiary/aromatic N) is 1. The zero-order valence-corrected chi connectivity index (χ0v) is 11.4. The minimum absolute atomic E-state index is 0.0774. The molecule has 1 unspecified atom stereocenters. The Bertz CT molecular complexity index is 696. The Morgan fingerprint density at radius 1 is 1.45 bits per heavy atom. The van der Waals surface area contributed by atoms with Gasteiger partial charge in [-0.3, -0.25) is 23.4 Å². The minimum atomic E-state index is -4.03. The van der Waals surface area contributed by atoms with Crippen LogP contribution in [0.5, 0.6) is 0 Å². The number of rotatable bonds is 1. The highest BCUT2D eigenvalue weighted by Crippen LogP contribution is 2.52. The van der Waals surface area contributed by atoms with E-state index in [4.69, 9.17) is 9.26 Å². The number of H-pyrrole nitrogens is 1. The van der Waals surface area contributed by atoms with Crippen LogP contribution in [0.4, 0.5) is 0 Å². The lowest BCUT2D eigenvalue weighted by Gasteiger charge is -2.26. The van der Waals surface area contributed by atoms with Gasteiger partial charge in [0.1, 0.15) is 18.4 Å². The maximum Gasteiger partial charge on any atom is 0.472 e. The van der Waals surface area contributed by atoms with Crippen LogP contribution in [0.1, 0.15) is 18.2 Å². The molecule has 9 nitrogen and oxygen atoms in total. The maximum atomic E-state index is 11.8. The third kappa shape index (κ3) is 2.38. The van der Waals surface area contributed by atoms with Crippen molar-refractivity contribution in [3.8, 4) is 0 Å². The van der Waals surface area contributed by atoms with Gasteiger partial charge in [-0.2, -0.15) is 0 Å². The Morgan fingerprint density at radius 2 is 2.20 bits per heavy atom. The van der Waals surface area contributed by atoms with Crippen molar-refractivity contribution in [3.05, 3.63) is 32.6 Å². The molecule has 4 atom stereocenters. The lowest BCUT2D eigenvalue weighted by Crippen LogP contribution is -2.34. The molecule has 3 rings (SSSR count). The summed E-state index contributed by atoms with van der Waals surface area (Å²) < 4.78 is 27.7. The van der Waals surface area contributed by atoms with Gasteiger partial charge in [0.15, 0.2) is 0 Å². The smallest absolute Gasteiger partial charge is 0.349 e. The minimum Gasteiger partial charge on any atom is -0.349 e. The molecule has 1 aromatic heterocycles. The normalized spacial score (nSPS) is 36.8. The van der Waals surface area contributed by atoms with Crippen LogP contribution in [-0.2, 0) is 18.3 Å². The fraction of sp³-hybridized carbons (Fsp3) is 0.600. The van der Waals surface area contributed by atoms with E-state index in [1.807, 2.05) is 0 Å². The van der Waals surface area contributed by atoms with E-state index in [0.29, 0.717) is 5.56 Å². The molecule has 0 saturated carbocycles. The molecule has 2 fully saturated rings. The first-order valence-electron chi connectivity index (χ1n) is 5.99. The number of hydrogen-bond acceptors (Lipinski definition) is 6. The molecule has 0 amide bonds. The quantitative estimate of drug-likeness (QED) is 0.680. The molecule has 2 saturated heterocycles. The van der Waals surface area contributed by atoms with Gasteiger partial charge >= 0.3 is 13.5 Å². The summed E-state index contributed by atoms with van der Waals surface area (Å²) in [7, 11) is -4.03. The average Bonchev–Trinajstić information content (AvgIpc) is 2.74. The third-order valence-corrected chi connectivity index (χ3v) is 4.32. The second-order valence-corrected chi connectivity index (χ2v) is 6.16. The molecular formula is C10H13N2O7P. The molecule has 20 heavy (non-hydrogen) atoms. The van der Waals surface area contributed by atoms with Crippen molar-refractivity contribution in [3.63, 3.8) is 0 Å². The molecule has 10 heteroatoms. The number of aryl methyl sites for hydroxylation is 1. The predicted octanol–water partition coefficient (Wildman–Crippen LogP) is -0.352. The number of ether oxygens (including phenoxy) is 1. The van der Waals surface area contributed by atoms with E-state index in [9.17, 15) is 19.0 Å². The van der Waals surface area contributed by atoms with Crippen molar-refractivity contribution in [2.45, 2.75) is 31.8 Å². The zero-order chi connectivity index (χ0) is 14.5. The number of phosphoric ester groups is 1. The van der Waals surface area contributed by atoms with Gasteiger partial charge in [0.2, 0.25) is 0 Å². The topological polar surface area (TPSA) is 120 Å². The molecule has 2 aliphatic rings. The number of aromatic amines is 1. The molecular weight excluding hydrogens is 291 g/mol. The highest BCUT2D eigenvalue weighted by Gasteiger charge is 2.46. The number of phosphoric acid groups is 1. The largest absolute Gasteiger partial charge is 0.472 e. The highest BCUT2D eigenvalue weighted by atomic mass is 31.2. The van der Waals surface area contributed by atoms with Crippen molar-refractivity contribution >= 4 is 7.82 Å². The van der Waals surface area contributed by atoms with E-state index in [0.717, 1.165) is 0 Å². The number of aromatic nitrogens is 2. The van der Waals surface area contributed by atoms with Crippen molar-refractivity contribution in [2.24, 2.45) is 0 Å². The molecule has 110 valence electrons. The van der Waals surface area contributed by atoms with Crippen molar-refractivity contribution in [1.82, 2.24) is 9.55 Å². The third-order valence-electron chi connectivity index (χ3n) is 3.31. The Hall–Kier alpha value is -1.25. The second-order valence-electron chi connectivity index (χ2n) is 4.75. The molecule has 1 aromatic rings. The molecule has 0 radical (unpaired) electrons. The van der Waals surface area contributed by atoms with Crippen LogP contribution in [0.3, 0.4) is 0 Å². The fourth-order valence-corrected chi connectivity index (χ4v) is 3.26. The van der Waals surface area contributed by atoms with Crippen molar-refractivity contribution in [2.75, 3.05) is 6.61 Å². The lowest BCUT2D eigenvalue weighted by molar-refractivity contribution is -0.0680. The number of fused-ring (bicyclic) bond motifs is 1. The Labute approximate surface area is 112 Å². The first-order chi connectivity index (χ1) is 9.35. The summed E-state index contributed by atoms with van der Waals surface area (Å²) in [5.74, 6) is 0. The number of nitrogens with one attached hydrogen (secondary N) is 1. The van der Waals surface area contributed by atoms with Gasteiger partial charge in [0, 0.05) is 18.2 Å². The maximum absolute atomic E-state index is 11.8. The van der Waals surface area contributed by atoms with Crippen LogP contribution >= 0.6 is 7.82 Å². The fourth-order valence-electron chi connectivity index (χ4n) is 2.30. The monoisotopic (exact) mass is 304 g/mol. The molecule has 0 aliphatic carbocycles.